The third-order valence-corrected chi connectivity index (χ3v) is 3.37. The second-order valence-corrected chi connectivity index (χ2v) is 4.47. The van der Waals surface area contributed by atoms with E-state index in [0.29, 0.717) is 0 Å². The van der Waals surface area contributed by atoms with Gasteiger partial charge in [0.1, 0.15) is 0 Å². The van der Waals surface area contributed by atoms with E-state index in [0.717, 1.165) is 14.2 Å². The van der Waals surface area contributed by atoms with Crippen LogP contribution >= 0.6 is 8.58 Å². The SMILES string of the molecule is c1ccc(PC2CC2)cc1. The molecule has 0 heterocycles. The van der Waals surface area contributed by atoms with Crippen molar-refractivity contribution >= 4 is 13.9 Å². The second-order valence-electron chi connectivity index (χ2n) is 2.78. The van der Waals surface area contributed by atoms with Crippen molar-refractivity contribution in [1.29, 1.82) is 0 Å². The summed E-state index contributed by atoms with van der Waals surface area (Å²) in [5, 5.41) is 1.53. The van der Waals surface area contributed by atoms with Gasteiger partial charge in [0.25, 0.3) is 0 Å². The Morgan fingerprint density at radius 3 is 2.40 bits per heavy atom. The van der Waals surface area contributed by atoms with Crippen molar-refractivity contribution < 1.29 is 0 Å². The van der Waals surface area contributed by atoms with Crippen molar-refractivity contribution in [2.24, 2.45) is 0 Å². The number of benzene rings is 1. The van der Waals surface area contributed by atoms with Gasteiger partial charge in [-0.1, -0.05) is 38.9 Å². The molecule has 1 aliphatic rings. The van der Waals surface area contributed by atoms with E-state index < -0.39 is 0 Å². The van der Waals surface area contributed by atoms with Crippen LogP contribution in [0.25, 0.3) is 0 Å². The van der Waals surface area contributed by atoms with Crippen molar-refractivity contribution in [1.82, 2.24) is 0 Å². The molecule has 0 nitrogen and oxygen atoms in total. The van der Waals surface area contributed by atoms with Gasteiger partial charge in [-0.05, 0) is 23.8 Å². The molecule has 1 saturated carbocycles. The fraction of sp³-hybridized carbons (Fsp3) is 0.333. The van der Waals surface area contributed by atoms with E-state index in [1.807, 2.05) is 0 Å². The Labute approximate surface area is 63.4 Å². The van der Waals surface area contributed by atoms with Crippen LogP contribution in [0.2, 0.25) is 0 Å². The topological polar surface area (TPSA) is 0 Å². The summed E-state index contributed by atoms with van der Waals surface area (Å²) in [5.41, 5.74) is 1.04. The maximum Gasteiger partial charge on any atom is -0.0196 e. The van der Waals surface area contributed by atoms with Crippen molar-refractivity contribution in [3.63, 3.8) is 0 Å². The molecule has 1 heteroatoms. The molecule has 1 aromatic rings. The highest BCUT2D eigenvalue weighted by Crippen LogP contribution is 2.38. The predicted molar refractivity (Wildman–Crippen MR) is 47.4 cm³/mol. The molecule has 1 aliphatic carbocycles. The lowest BCUT2D eigenvalue weighted by Crippen LogP contribution is -1.92. The van der Waals surface area contributed by atoms with Crippen LogP contribution < -0.4 is 5.30 Å². The molecule has 1 unspecified atom stereocenters. The zero-order valence-electron chi connectivity index (χ0n) is 5.88. The molecule has 1 fully saturated rings. The first-order valence-electron chi connectivity index (χ1n) is 3.77. The van der Waals surface area contributed by atoms with Crippen molar-refractivity contribution in [3.05, 3.63) is 30.3 Å². The summed E-state index contributed by atoms with van der Waals surface area (Å²) in [6.45, 7) is 0. The summed E-state index contributed by atoms with van der Waals surface area (Å²) in [5.74, 6) is 0. The van der Waals surface area contributed by atoms with E-state index in [9.17, 15) is 0 Å². The van der Waals surface area contributed by atoms with E-state index in [1.54, 1.807) is 0 Å². The van der Waals surface area contributed by atoms with Gasteiger partial charge in [-0.3, -0.25) is 0 Å². The summed E-state index contributed by atoms with van der Waals surface area (Å²) in [4.78, 5) is 0. The normalized spacial score (nSPS) is 18.4. The summed E-state index contributed by atoms with van der Waals surface area (Å²) in [7, 11) is 1.07. The Bertz CT molecular complexity index is 201. The Kier molecular flexibility index (Phi) is 1.73. The molecule has 0 aromatic heterocycles. The van der Waals surface area contributed by atoms with Crippen LogP contribution in [0, 0.1) is 0 Å². The minimum atomic E-state index is 1.04. The monoisotopic (exact) mass is 150 g/mol. The fourth-order valence-corrected chi connectivity index (χ4v) is 2.31. The molecule has 1 aromatic carbocycles. The van der Waals surface area contributed by atoms with Gasteiger partial charge in [-0.2, -0.15) is 0 Å². The molecular formula is C9H11P. The Morgan fingerprint density at radius 1 is 1.10 bits per heavy atom. The molecule has 0 spiro atoms. The molecule has 52 valence electrons. The lowest BCUT2D eigenvalue weighted by molar-refractivity contribution is 1.50. The largest absolute Gasteiger partial charge is 0.0872 e. The second kappa shape index (κ2) is 2.72. The highest BCUT2D eigenvalue weighted by Gasteiger charge is 2.20. The van der Waals surface area contributed by atoms with Gasteiger partial charge in [0.05, 0.1) is 0 Å². The minimum Gasteiger partial charge on any atom is -0.0872 e. The van der Waals surface area contributed by atoms with Crippen LogP contribution in [0.4, 0.5) is 0 Å². The maximum absolute atomic E-state index is 2.23. The molecule has 0 amide bonds. The summed E-state index contributed by atoms with van der Waals surface area (Å²) >= 11 is 0. The predicted octanol–water partition coefficient (Wildman–Crippen LogP) is 2.15. The van der Waals surface area contributed by atoms with Crippen LogP contribution in [0.5, 0.6) is 0 Å². The number of rotatable bonds is 2. The third kappa shape index (κ3) is 1.58. The highest BCUT2D eigenvalue weighted by molar-refractivity contribution is 7.48. The van der Waals surface area contributed by atoms with Crippen LogP contribution in [0.3, 0.4) is 0 Å². The zero-order valence-corrected chi connectivity index (χ0v) is 6.88. The van der Waals surface area contributed by atoms with Gasteiger partial charge in [0, 0.05) is 0 Å². The first kappa shape index (κ1) is 6.37. The van der Waals surface area contributed by atoms with Gasteiger partial charge in [-0.25, -0.2) is 0 Å². The van der Waals surface area contributed by atoms with Gasteiger partial charge in [-0.15, -0.1) is 0 Å². The average Bonchev–Trinajstić information content (AvgIpc) is 2.74. The van der Waals surface area contributed by atoms with Gasteiger partial charge < -0.3 is 0 Å². The lowest BCUT2D eigenvalue weighted by atomic mass is 10.4. The molecule has 1 atom stereocenters. The Balaban J connectivity index is 2.03. The molecule has 0 bridgehead atoms. The van der Waals surface area contributed by atoms with Crippen molar-refractivity contribution in [2.75, 3.05) is 0 Å². The van der Waals surface area contributed by atoms with Gasteiger partial charge in [0.15, 0.2) is 0 Å². The average molecular weight is 150 g/mol. The van der Waals surface area contributed by atoms with Crippen LogP contribution in [-0.4, -0.2) is 5.66 Å². The molecule has 0 aliphatic heterocycles. The molecule has 10 heavy (non-hydrogen) atoms. The van der Waals surface area contributed by atoms with Crippen LogP contribution in [-0.2, 0) is 0 Å². The minimum absolute atomic E-state index is 1.04. The third-order valence-electron chi connectivity index (χ3n) is 1.72. The van der Waals surface area contributed by atoms with E-state index in [2.05, 4.69) is 30.3 Å². The molecule has 2 rings (SSSR count). The fourth-order valence-electron chi connectivity index (χ4n) is 0.998. The van der Waals surface area contributed by atoms with Crippen LogP contribution in [0.15, 0.2) is 30.3 Å². The van der Waals surface area contributed by atoms with Gasteiger partial charge >= 0.3 is 0 Å². The Hall–Kier alpha value is -0.350. The summed E-state index contributed by atoms with van der Waals surface area (Å²) in [6.07, 6.45) is 2.93. The molecule has 0 saturated heterocycles. The first-order chi connectivity index (χ1) is 4.95. The van der Waals surface area contributed by atoms with E-state index in [4.69, 9.17) is 0 Å². The highest BCUT2D eigenvalue weighted by atomic mass is 31.1. The lowest BCUT2D eigenvalue weighted by Gasteiger charge is -1.96. The number of hydrogen-bond acceptors (Lipinski definition) is 0. The summed E-state index contributed by atoms with van der Waals surface area (Å²) < 4.78 is 0. The zero-order chi connectivity index (χ0) is 6.81. The molecule has 0 N–H and O–H groups in total. The number of hydrogen-bond donors (Lipinski definition) is 0. The van der Waals surface area contributed by atoms with Gasteiger partial charge in [0.2, 0.25) is 0 Å². The van der Waals surface area contributed by atoms with Crippen molar-refractivity contribution in [2.45, 2.75) is 18.5 Å². The van der Waals surface area contributed by atoms with Crippen LogP contribution in [0.1, 0.15) is 12.8 Å². The Morgan fingerprint density at radius 2 is 1.80 bits per heavy atom. The summed E-state index contributed by atoms with van der Waals surface area (Å²) in [6, 6.07) is 10.8. The maximum atomic E-state index is 2.23. The standard InChI is InChI=1S/C9H11P/c1-2-4-8(5-3-1)10-9-6-7-9/h1-5,9-10H,6-7H2. The molecule has 0 radical (unpaired) electrons. The van der Waals surface area contributed by atoms with Crippen molar-refractivity contribution in [3.8, 4) is 0 Å². The first-order valence-corrected chi connectivity index (χ1v) is 4.84. The smallest absolute Gasteiger partial charge is 0.0196 e. The molecular weight excluding hydrogens is 139 g/mol. The quantitative estimate of drug-likeness (QED) is 0.567. The van der Waals surface area contributed by atoms with E-state index in [-0.39, 0.29) is 0 Å². The van der Waals surface area contributed by atoms with E-state index >= 15 is 0 Å². The van der Waals surface area contributed by atoms with E-state index in [1.165, 1.54) is 18.1 Å².